The van der Waals surface area contributed by atoms with Gasteiger partial charge in [0.2, 0.25) is 0 Å². The van der Waals surface area contributed by atoms with Crippen molar-refractivity contribution in [1.82, 2.24) is 15.0 Å². The van der Waals surface area contributed by atoms with E-state index in [0.29, 0.717) is 11.4 Å². The van der Waals surface area contributed by atoms with Gasteiger partial charge >= 0.3 is 6.18 Å². The number of benzene rings is 2. The van der Waals surface area contributed by atoms with Crippen molar-refractivity contribution in [2.24, 2.45) is 0 Å². The zero-order valence-electron chi connectivity index (χ0n) is 10.7. The highest BCUT2D eigenvalue weighted by molar-refractivity contribution is 5.60. The van der Waals surface area contributed by atoms with Crippen LogP contribution in [0.5, 0.6) is 0 Å². The molecule has 0 bridgehead atoms. The van der Waals surface area contributed by atoms with Crippen LogP contribution in [0.3, 0.4) is 0 Å². The Hall–Kier alpha value is -2.63. The fourth-order valence-corrected chi connectivity index (χ4v) is 2.05. The molecule has 0 aliphatic heterocycles. The lowest BCUT2D eigenvalue weighted by Crippen LogP contribution is -2.07. The summed E-state index contributed by atoms with van der Waals surface area (Å²) >= 11 is 0. The summed E-state index contributed by atoms with van der Waals surface area (Å²) in [6.45, 7) is 0. The number of halogens is 3. The molecule has 0 unspecified atom stereocenters. The molecule has 0 radical (unpaired) electrons. The average Bonchev–Trinajstić information content (AvgIpc) is 2.97. The van der Waals surface area contributed by atoms with Crippen LogP contribution in [-0.2, 0) is 6.18 Å². The lowest BCUT2D eigenvalue weighted by Gasteiger charge is -2.10. The maximum atomic E-state index is 12.8. The minimum atomic E-state index is -4.39. The van der Waals surface area contributed by atoms with Gasteiger partial charge in [0.1, 0.15) is 0 Å². The first-order chi connectivity index (χ1) is 10.1. The predicted molar refractivity (Wildman–Crippen MR) is 71.8 cm³/mol. The first kappa shape index (κ1) is 13.4. The van der Waals surface area contributed by atoms with Crippen molar-refractivity contribution in [1.29, 1.82) is 0 Å². The number of hydrogen-bond donors (Lipinski definition) is 0. The van der Waals surface area contributed by atoms with Gasteiger partial charge in [0.05, 0.1) is 23.1 Å². The van der Waals surface area contributed by atoms with E-state index < -0.39 is 11.7 Å². The van der Waals surface area contributed by atoms with E-state index in [-0.39, 0.29) is 0 Å². The fraction of sp³-hybridized carbons (Fsp3) is 0.0667. The minimum Gasteiger partial charge on any atom is -0.213 e. The van der Waals surface area contributed by atoms with Crippen molar-refractivity contribution < 1.29 is 13.2 Å². The standard InChI is InChI=1S/C15H10F3N3/c16-15(17,18)12-7-4-8-13(9-12)21-14(10-19-20-21)11-5-2-1-3-6-11/h1-10H. The van der Waals surface area contributed by atoms with Crippen molar-refractivity contribution in [3.8, 4) is 16.9 Å². The summed E-state index contributed by atoms with van der Waals surface area (Å²) in [5, 5.41) is 7.68. The molecule has 0 aliphatic carbocycles. The van der Waals surface area contributed by atoms with E-state index >= 15 is 0 Å². The topological polar surface area (TPSA) is 30.7 Å². The van der Waals surface area contributed by atoms with Crippen molar-refractivity contribution in [3.05, 3.63) is 66.4 Å². The summed E-state index contributed by atoms with van der Waals surface area (Å²) < 4.78 is 39.8. The Morgan fingerprint density at radius 2 is 1.67 bits per heavy atom. The molecule has 0 N–H and O–H groups in total. The van der Waals surface area contributed by atoms with Crippen LogP contribution < -0.4 is 0 Å². The minimum absolute atomic E-state index is 0.321. The van der Waals surface area contributed by atoms with E-state index in [4.69, 9.17) is 0 Å². The Labute approximate surface area is 118 Å². The van der Waals surface area contributed by atoms with Gasteiger partial charge in [0, 0.05) is 5.56 Å². The highest BCUT2D eigenvalue weighted by Gasteiger charge is 2.30. The molecule has 3 nitrogen and oxygen atoms in total. The Balaban J connectivity index is 2.09. The number of nitrogens with zero attached hydrogens (tertiary/aromatic N) is 3. The van der Waals surface area contributed by atoms with Gasteiger partial charge in [-0.3, -0.25) is 0 Å². The van der Waals surface area contributed by atoms with Crippen LogP contribution in [0, 0.1) is 0 Å². The Kier molecular flexibility index (Phi) is 3.21. The van der Waals surface area contributed by atoms with E-state index in [1.54, 1.807) is 6.07 Å². The molecule has 0 saturated heterocycles. The van der Waals surface area contributed by atoms with Gasteiger partial charge in [-0.1, -0.05) is 41.6 Å². The van der Waals surface area contributed by atoms with Gasteiger partial charge in [0.25, 0.3) is 0 Å². The van der Waals surface area contributed by atoms with Crippen molar-refractivity contribution in [2.45, 2.75) is 6.18 Å². The maximum Gasteiger partial charge on any atom is 0.416 e. The van der Waals surface area contributed by atoms with Crippen LogP contribution in [0.2, 0.25) is 0 Å². The van der Waals surface area contributed by atoms with Gasteiger partial charge in [-0.2, -0.15) is 13.2 Å². The normalized spacial score (nSPS) is 11.6. The van der Waals surface area contributed by atoms with Crippen molar-refractivity contribution in [2.75, 3.05) is 0 Å². The van der Waals surface area contributed by atoms with Gasteiger partial charge in [-0.25, -0.2) is 4.68 Å². The smallest absolute Gasteiger partial charge is 0.213 e. The largest absolute Gasteiger partial charge is 0.416 e. The zero-order chi connectivity index (χ0) is 14.9. The fourth-order valence-electron chi connectivity index (χ4n) is 2.05. The van der Waals surface area contributed by atoms with E-state index in [9.17, 15) is 13.2 Å². The summed E-state index contributed by atoms with van der Waals surface area (Å²) in [6.07, 6.45) is -2.86. The highest BCUT2D eigenvalue weighted by Crippen LogP contribution is 2.31. The van der Waals surface area contributed by atoms with Crippen LogP contribution in [0.15, 0.2) is 60.8 Å². The Morgan fingerprint density at radius 1 is 0.905 bits per heavy atom. The number of aromatic nitrogens is 3. The molecule has 2 aromatic carbocycles. The lowest BCUT2D eigenvalue weighted by molar-refractivity contribution is -0.137. The molecule has 0 aliphatic rings. The third-order valence-corrected chi connectivity index (χ3v) is 3.04. The molecule has 1 aromatic heterocycles. The monoisotopic (exact) mass is 289 g/mol. The second-order valence-corrected chi connectivity index (χ2v) is 4.45. The Morgan fingerprint density at radius 3 is 2.38 bits per heavy atom. The first-order valence-electron chi connectivity index (χ1n) is 6.19. The maximum absolute atomic E-state index is 12.8. The van der Waals surface area contributed by atoms with E-state index in [2.05, 4.69) is 10.3 Å². The molecular weight excluding hydrogens is 279 g/mol. The summed E-state index contributed by atoms with van der Waals surface area (Å²) in [5.41, 5.74) is 1.07. The molecule has 106 valence electrons. The molecule has 6 heteroatoms. The SMILES string of the molecule is FC(F)(F)c1cccc(-n2nncc2-c2ccccc2)c1. The van der Waals surface area contributed by atoms with Crippen LogP contribution in [-0.4, -0.2) is 15.0 Å². The quantitative estimate of drug-likeness (QED) is 0.715. The van der Waals surface area contributed by atoms with Crippen molar-refractivity contribution in [3.63, 3.8) is 0 Å². The average molecular weight is 289 g/mol. The van der Waals surface area contributed by atoms with E-state index in [1.165, 1.54) is 16.9 Å². The predicted octanol–water partition coefficient (Wildman–Crippen LogP) is 3.95. The van der Waals surface area contributed by atoms with Crippen LogP contribution in [0.25, 0.3) is 16.9 Å². The summed E-state index contributed by atoms with van der Waals surface area (Å²) in [5.74, 6) is 0. The molecule has 0 atom stereocenters. The first-order valence-corrected chi connectivity index (χ1v) is 6.19. The second-order valence-electron chi connectivity index (χ2n) is 4.45. The van der Waals surface area contributed by atoms with E-state index in [1.807, 2.05) is 30.3 Å². The summed E-state index contributed by atoms with van der Waals surface area (Å²) in [7, 11) is 0. The van der Waals surface area contributed by atoms with Gasteiger partial charge in [0.15, 0.2) is 0 Å². The number of hydrogen-bond acceptors (Lipinski definition) is 2. The van der Waals surface area contributed by atoms with Crippen molar-refractivity contribution >= 4 is 0 Å². The van der Waals surface area contributed by atoms with Gasteiger partial charge in [-0.05, 0) is 18.2 Å². The number of alkyl halides is 3. The van der Waals surface area contributed by atoms with Crippen LogP contribution >= 0.6 is 0 Å². The summed E-state index contributed by atoms with van der Waals surface area (Å²) in [4.78, 5) is 0. The molecule has 3 aromatic rings. The molecule has 1 heterocycles. The van der Waals surface area contributed by atoms with Crippen LogP contribution in [0.1, 0.15) is 5.56 Å². The molecule has 0 spiro atoms. The molecular formula is C15H10F3N3. The molecule has 0 fully saturated rings. The molecule has 3 rings (SSSR count). The second kappa shape index (κ2) is 5.05. The molecule has 0 saturated carbocycles. The third kappa shape index (κ3) is 2.65. The highest BCUT2D eigenvalue weighted by atomic mass is 19.4. The Bertz CT molecular complexity index is 748. The third-order valence-electron chi connectivity index (χ3n) is 3.04. The summed E-state index contributed by atoms with van der Waals surface area (Å²) in [6, 6.07) is 14.3. The number of rotatable bonds is 2. The van der Waals surface area contributed by atoms with Crippen LogP contribution in [0.4, 0.5) is 13.2 Å². The molecule has 21 heavy (non-hydrogen) atoms. The molecule has 0 amide bonds. The van der Waals surface area contributed by atoms with Gasteiger partial charge in [-0.15, -0.1) is 5.10 Å². The zero-order valence-corrected chi connectivity index (χ0v) is 10.7. The lowest BCUT2D eigenvalue weighted by atomic mass is 10.1. The van der Waals surface area contributed by atoms with E-state index in [0.717, 1.165) is 17.7 Å². The van der Waals surface area contributed by atoms with Gasteiger partial charge < -0.3 is 0 Å².